The van der Waals surface area contributed by atoms with E-state index in [0.717, 1.165) is 0 Å². The smallest absolute Gasteiger partial charge is 0.255 e. The SMILES string of the molecule is O=C(Nc1ccccc1O)c1ccnc(-c2ccccn2)c1. The molecule has 0 unspecified atom stereocenters. The number of carbonyl (C=O) groups is 1. The van der Waals surface area contributed by atoms with Crippen molar-refractivity contribution in [2.45, 2.75) is 0 Å². The molecule has 0 atom stereocenters. The van der Waals surface area contributed by atoms with Gasteiger partial charge in [-0.2, -0.15) is 0 Å². The summed E-state index contributed by atoms with van der Waals surface area (Å²) in [5.41, 5.74) is 2.12. The van der Waals surface area contributed by atoms with E-state index in [9.17, 15) is 9.90 Å². The zero-order valence-electron chi connectivity index (χ0n) is 11.6. The topological polar surface area (TPSA) is 75.1 Å². The fraction of sp³-hybridized carbons (Fsp3) is 0. The molecule has 0 fully saturated rings. The summed E-state index contributed by atoms with van der Waals surface area (Å²) < 4.78 is 0. The van der Waals surface area contributed by atoms with E-state index >= 15 is 0 Å². The Morgan fingerprint density at radius 1 is 0.909 bits per heavy atom. The first-order valence-electron chi connectivity index (χ1n) is 6.71. The van der Waals surface area contributed by atoms with E-state index in [1.54, 1.807) is 42.7 Å². The van der Waals surface area contributed by atoms with Crippen LogP contribution in [0.4, 0.5) is 5.69 Å². The highest BCUT2D eigenvalue weighted by molar-refractivity contribution is 6.05. The maximum absolute atomic E-state index is 12.3. The number of rotatable bonds is 3. The second-order valence-electron chi connectivity index (χ2n) is 4.62. The summed E-state index contributed by atoms with van der Waals surface area (Å²) in [6.07, 6.45) is 3.23. The summed E-state index contributed by atoms with van der Waals surface area (Å²) in [5, 5.41) is 12.4. The van der Waals surface area contributed by atoms with Crippen LogP contribution in [0.1, 0.15) is 10.4 Å². The van der Waals surface area contributed by atoms with Gasteiger partial charge >= 0.3 is 0 Å². The van der Waals surface area contributed by atoms with E-state index in [0.29, 0.717) is 22.6 Å². The maximum Gasteiger partial charge on any atom is 0.255 e. The Balaban J connectivity index is 1.86. The van der Waals surface area contributed by atoms with Gasteiger partial charge in [0.1, 0.15) is 5.75 Å². The standard InChI is InChI=1S/C17H13N3O2/c21-16-7-2-1-6-14(16)20-17(22)12-8-10-19-15(11-12)13-5-3-4-9-18-13/h1-11,21H,(H,20,22). The average molecular weight is 291 g/mol. The van der Waals surface area contributed by atoms with Gasteiger partial charge in [0.15, 0.2) is 0 Å². The van der Waals surface area contributed by atoms with Crippen LogP contribution in [0.3, 0.4) is 0 Å². The lowest BCUT2D eigenvalue weighted by atomic mass is 10.1. The second kappa shape index (κ2) is 6.05. The minimum atomic E-state index is -0.318. The molecule has 1 amide bonds. The van der Waals surface area contributed by atoms with E-state index in [4.69, 9.17) is 0 Å². The van der Waals surface area contributed by atoms with Crippen molar-refractivity contribution in [3.8, 4) is 17.1 Å². The average Bonchev–Trinajstić information content (AvgIpc) is 2.58. The van der Waals surface area contributed by atoms with Gasteiger partial charge in [0.2, 0.25) is 0 Å². The first-order valence-corrected chi connectivity index (χ1v) is 6.71. The van der Waals surface area contributed by atoms with Gasteiger partial charge in [0, 0.05) is 18.0 Å². The fourth-order valence-electron chi connectivity index (χ4n) is 2.00. The summed E-state index contributed by atoms with van der Waals surface area (Å²) in [7, 11) is 0. The molecule has 0 aliphatic heterocycles. The van der Waals surface area contributed by atoms with Crippen molar-refractivity contribution < 1.29 is 9.90 Å². The molecule has 22 heavy (non-hydrogen) atoms. The van der Waals surface area contributed by atoms with E-state index in [1.165, 1.54) is 6.07 Å². The molecule has 3 aromatic rings. The number of phenols is 1. The fourth-order valence-corrected chi connectivity index (χ4v) is 2.00. The number of amides is 1. The summed E-state index contributed by atoms with van der Waals surface area (Å²) in [6.45, 7) is 0. The Morgan fingerprint density at radius 2 is 1.68 bits per heavy atom. The van der Waals surface area contributed by atoms with Crippen LogP contribution in [0.15, 0.2) is 67.0 Å². The first kappa shape index (κ1) is 13.8. The second-order valence-corrected chi connectivity index (χ2v) is 4.62. The summed E-state index contributed by atoms with van der Waals surface area (Å²) in [5.74, 6) is -0.295. The van der Waals surface area contributed by atoms with Crippen molar-refractivity contribution in [3.63, 3.8) is 0 Å². The van der Waals surface area contributed by atoms with Gasteiger partial charge in [0.25, 0.3) is 5.91 Å². The largest absolute Gasteiger partial charge is 0.506 e. The van der Waals surface area contributed by atoms with Crippen LogP contribution in [0.5, 0.6) is 5.75 Å². The molecule has 5 nitrogen and oxygen atoms in total. The Labute approximate surface area is 127 Å². The minimum Gasteiger partial charge on any atom is -0.506 e. The number of hydrogen-bond acceptors (Lipinski definition) is 4. The third-order valence-electron chi connectivity index (χ3n) is 3.10. The molecule has 0 saturated heterocycles. The Kier molecular flexibility index (Phi) is 3.78. The molecule has 2 N–H and O–H groups in total. The third-order valence-corrected chi connectivity index (χ3v) is 3.10. The molecule has 0 aliphatic rings. The van der Waals surface area contributed by atoms with Gasteiger partial charge in [-0.1, -0.05) is 18.2 Å². The Hall–Kier alpha value is -3.21. The molecule has 0 aliphatic carbocycles. The van der Waals surface area contributed by atoms with E-state index < -0.39 is 0 Å². The highest BCUT2D eigenvalue weighted by Gasteiger charge is 2.10. The first-order chi connectivity index (χ1) is 10.7. The van der Waals surface area contributed by atoms with Crippen molar-refractivity contribution in [1.82, 2.24) is 9.97 Å². The lowest BCUT2D eigenvalue weighted by Crippen LogP contribution is -2.12. The number of anilines is 1. The predicted molar refractivity (Wildman–Crippen MR) is 83.5 cm³/mol. The summed E-state index contributed by atoms with van der Waals surface area (Å²) in [4.78, 5) is 20.7. The van der Waals surface area contributed by atoms with Crippen molar-refractivity contribution >= 4 is 11.6 Å². The van der Waals surface area contributed by atoms with Crippen molar-refractivity contribution in [3.05, 3.63) is 72.6 Å². The molecule has 2 aromatic heterocycles. The van der Waals surface area contributed by atoms with E-state index in [2.05, 4.69) is 15.3 Å². The Morgan fingerprint density at radius 3 is 2.45 bits per heavy atom. The lowest BCUT2D eigenvalue weighted by Gasteiger charge is -2.07. The molecule has 0 saturated carbocycles. The summed E-state index contributed by atoms with van der Waals surface area (Å²) in [6, 6.07) is 15.4. The number of hydrogen-bond donors (Lipinski definition) is 2. The molecule has 1 aromatic carbocycles. The molecule has 0 radical (unpaired) electrons. The number of aromatic hydroxyl groups is 1. The van der Waals surface area contributed by atoms with Crippen molar-refractivity contribution in [1.29, 1.82) is 0 Å². The van der Waals surface area contributed by atoms with Crippen molar-refractivity contribution in [2.24, 2.45) is 0 Å². The van der Waals surface area contributed by atoms with Gasteiger partial charge < -0.3 is 10.4 Å². The highest BCUT2D eigenvalue weighted by atomic mass is 16.3. The number of phenolic OH excluding ortho intramolecular Hbond substituents is 1. The molecule has 108 valence electrons. The van der Waals surface area contributed by atoms with Gasteiger partial charge in [-0.15, -0.1) is 0 Å². The molecule has 0 bridgehead atoms. The number of para-hydroxylation sites is 2. The number of nitrogens with one attached hydrogen (secondary N) is 1. The minimum absolute atomic E-state index is 0.0230. The number of pyridine rings is 2. The monoisotopic (exact) mass is 291 g/mol. The molecular formula is C17H13N3O2. The van der Waals surface area contributed by atoms with Gasteiger partial charge in [-0.25, -0.2) is 0 Å². The maximum atomic E-state index is 12.3. The number of benzene rings is 1. The van der Waals surface area contributed by atoms with Gasteiger partial charge in [0.05, 0.1) is 17.1 Å². The van der Waals surface area contributed by atoms with E-state index in [-0.39, 0.29) is 11.7 Å². The number of nitrogens with zero attached hydrogens (tertiary/aromatic N) is 2. The van der Waals surface area contributed by atoms with E-state index in [1.807, 2.05) is 18.2 Å². The highest BCUT2D eigenvalue weighted by Crippen LogP contribution is 2.22. The molecular weight excluding hydrogens is 278 g/mol. The van der Waals surface area contributed by atoms with Crippen LogP contribution in [0.2, 0.25) is 0 Å². The van der Waals surface area contributed by atoms with Crippen LogP contribution in [-0.2, 0) is 0 Å². The van der Waals surface area contributed by atoms with Crippen LogP contribution < -0.4 is 5.32 Å². The number of aromatic nitrogens is 2. The van der Waals surface area contributed by atoms with Crippen LogP contribution in [0.25, 0.3) is 11.4 Å². The lowest BCUT2D eigenvalue weighted by molar-refractivity contribution is 0.102. The summed E-state index contributed by atoms with van der Waals surface area (Å²) >= 11 is 0. The van der Waals surface area contributed by atoms with Gasteiger partial charge in [-0.05, 0) is 36.4 Å². The normalized spacial score (nSPS) is 10.2. The Bertz CT molecular complexity index is 804. The molecule has 2 heterocycles. The van der Waals surface area contributed by atoms with Gasteiger partial charge in [-0.3, -0.25) is 14.8 Å². The molecule has 0 spiro atoms. The van der Waals surface area contributed by atoms with Crippen LogP contribution in [-0.4, -0.2) is 21.0 Å². The third kappa shape index (κ3) is 2.93. The van der Waals surface area contributed by atoms with Crippen LogP contribution >= 0.6 is 0 Å². The predicted octanol–water partition coefficient (Wildman–Crippen LogP) is 3.10. The quantitative estimate of drug-likeness (QED) is 0.727. The zero-order chi connectivity index (χ0) is 15.4. The van der Waals surface area contributed by atoms with Crippen molar-refractivity contribution in [2.75, 3.05) is 5.32 Å². The zero-order valence-corrected chi connectivity index (χ0v) is 11.6. The number of carbonyl (C=O) groups excluding carboxylic acids is 1. The molecule has 3 rings (SSSR count). The molecule has 5 heteroatoms. The van der Waals surface area contributed by atoms with Crippen LogP contribution in [0, 0.1) is 0 Å².